The van der Waals surface area contributed by atoms with E-state index in [1.165, 1.54) is 0 Å². The fourth-order valence-electron chi connectivity index (χ4n) is 1.46. The summed E-state index contributed by atoms with van der Waals surface area (Å²) in [6, 6.07) is 3.47. The van der Waals surface area contributed by atoms with Crippen LogP contribution in [0.1, 0.15) is 27.7 Å². The fraction of sp³-hybridized carbons (Fsp3) is 1.00. The second-order valence-corrected chi connectivity index (χ2v) is 8.08. The summed E-state index contributed by atoms with van der Waals surface area (Å²) in [5.74, 6) is 0. The number of hydrogen-bond donors (Lipinski definition) is 1. The highest BCUT2D eigenvalue weighted by Crippen LogP contribution is 2.22. The molecule has 1 N–H and O–H groups in total. The third kappa shape index (κ3) is 3.25. The minimum Gasteiger partial charge on any atom is -0.412 e. The van der Waals surface area contributed by atoms with Crippen molar-refractivity contribution in [3.05, 3.63) is 0 Å². The molecule has 1 atom stereocenters. The maximum absolute atomic E-state index is 8.88. The van der Waals surface area contributed by atoms with E-state index in [-0.39, 0.29) is 12.7 Å². The van der Waals surface area contributed by atoms with Crippen LogP contribution in [0.5, 0.6) is 0 Å². The molecule has 0 aliphatic carbocycles. The van der Waals surface area contributed by atoms with Gasteiger partial charge in [-0.2, -0.15) is 0 Å². The van der Waals surface area contributed by atoms with E-state index in [4.69, 9.17) is 9.53 Å². The van der Waals surface area contributed by atoms with Crippen LogP contribution in [0.3, 0.4) is 0 Å². The normalized spacial score (nSPS) is 14.8. The Morgan fingerprint density at radius 2 is 1.58 bits per heavy atom. The van der Waals surface area contributed by atoms with Crippen molar-refractivity contribution >= 4 is 8.32 Å². The summed E-state index contributed by atoms with van der Waals surface area (Å²) in [6.07, 6.45) is 0.0246. The molecule has 0 aliphatic rings. The molecule has 0 saturated carbocycles. The van der Waals surface area contributed by atoms with Gasteiger partial charge in [0.15, 0.2) is 8.32 Å². The molecule has 0 fully saturated rings. The average molecular weight is 190 g/mol. The highest BCUT2D eigenvalue weighted by Gasteiger charge is 2.30. The molecule has 2 nitrogen and oxygen atoms in total. The van der Waals surface area contributed by atoms with E-state index >= 15 is 0 Å². The Kier molecular flexibility index (Phi) is 5.79. The van der Waals surface area contributed by atoms with Gasteiger partial charge in [-0.05, 0) is 25.1 Å². The lowest BCUT2D eigenvalue weighted by Crippen LogP contribution is -2.40. The second kappa shape index (κ2) is 5.73. The molecule has 3 heteroatoms. The molecule has 0 saturated heterocycles. The van der Waals surface area contributed by atoms with E-state index < -0.39 is 8.32 Å². The van der Waals surface area contributed by atoms with Gasteiger partial charge in [-0.3, -0.25) is 0 Å². The molecule has 0 amide bonds. The van der Waals surface area contributed by atoms with Crippen molar-refractivity contribution in [2.24, 2.45) is 0 Å². The van der Waals surface area contributed by atoms with Crippen molar-refractivity contribution in [1.82, 2.24) is 0 Å². The molecule has 74 valence electrons. The Morgan fingerprint density at radius 3 is 1.83 bits per heavy atom. The fourth-order valence-corrected chi connectivity index (χ4v) is 4.39. The summed E-state index contributed by atoms with van der Waals surface area (Å²) < 4.78 is 5.92. The Balaban J connectivity index is 4.09. The Bertz CT molecular complexity index is 105. The third-order valence-corrected chi connectivity index (χ3v) is 7.41. The predicted molar refractivity (Wildman–Crippen MR) is 54.8 cm³/mol. The maximum atomic E-state index is 8.88. The second-order valence-electron chi connectivity index (χ2n) is 3.35. The van der Waals surface area contributed by atoms with Gasteiger partial charge in [-0.1, -0.05) is 20.8 Å². The molecule has 0 aromatic rings. The zero-order valence-electron chi connectivity index (χ0n) is 8.76. The first-order chi connectivity index (χ1) is 5.64. The van der Waals surface area contributed by atoms with Gasteiger partial charge in [0.2, 0.25) is 0 Å². The van der Waals surface area contributed by atoms with Crippen LogP contribution in [0.25, 0.3) is 0 Å². The first-order valence-electron chi connectivity index (χ1n) is 4.92. The van der Waals surface area contributed by atoms with E-state index in [2.05, 4.69) is 20.8 Å². The van der Waals surface area contributed by atoms with Crippen LogP contribution in [-0.4, -0.2) is 26.1 Å². The van der Waals surface area contributed by atoms with E-state index in [1.54, 1.807) is 0 Å². The Morgan fingerprint density at radius 1 is 1.17 bits per heavy atom. The van der Waals surface area contributed by atoms with Crippen molar-refractivity contribution in [2.45, 2.75) is 51.9 Å². The molecular formula is C9H22O2Si. The molecule has 0 aromatic heterocycles. The smallest absolute Gasteiger partial charge is 0.192 e. The molecule has 0 radical (unpaired) electrons. The van der Waals surface area contributed by atoms with E-state index in [9.17, 15) is 0 Å². The average Bonchev–Trinajstić information content (AvgIpc) is 2.14. The topological polar surface area (TPSA) is 29.5 Å². The zero-order valence-corrected chi connectivity index (χ0v) is 9.76. The standard InChI is InChI=1S/C9H22O2Si/c1-5-12(6-2,7-3)11-9(4)8-10/h9-10H,5-8H2,1-4H3. The first kappa shape index (κ1) is 12.1. The molecule has 0 spiro atoms. The van der Waals surface area contributed by atoms with Gasteiger partial charge >= 0.3 is 0 Å². The Labute approximate surface area is 77.1 Å². The minimum absolute atomic E-state index is 0.0246. The van der Waals surface area contributed by atoms with Crippen molar-refractivity contribution in [3.63, 3.8) is 0 Å². The lowest BCUT2D eigenvalue weighted by molar-refractivity contribution is 0.120. The van der Waals surface area contributed by atoms with Gasteiger partial charge in [0, 0.05) is 0 Å². The quantitative estimate of drug-likeness (QED) is 0.652. The predicted octanol–water partition coefficient (Wildman–Crippen LogP) is 2.39. The lowest BCUT2D eigenvalue weighted by Gasteiger charge is -2.30. The van der Waals surface area contributed by atoms with Crippen LogP contribution in [0, 0.1) is 0 Å². The molecule has 0 aromatic carbocycles. The lowest BCUT2D eigenvalue weighted by atomic mass is 10.5. The van der Waals surface area contributed by atoms with Crippen LogP contribution in [-0.2, 0) is 4.43 Å². The summed E-state index contributed by atoms with van der Waals surface area (Å²) in [4.78, 5) is 0. The largest absolute Gasteiger partial charge is 0.412 e. The summed E-state index contributed by atoms with van der Waals surface area (Å²) in [5, 5.41) is 8.88. The number of aliphatic hydroxyl groups excluding tert-OH is 1. The van der Waals surface area contributed by atoms with Gasteiger partial charge in [-0.25, -0.2) is 0 Å². The van der Waals surface area contributed by atoms with Crippen LogP contribution < -0.4 is 0 Å². The molecule has 12 heavy (non-hydrogen) atoms. The highest BCUT2D eigenvalue weighted by atomic mass is 28.4. The first-order valence-corrected chi connectivity index (χ1v) is 7.45. The highest BCUT2D eigenvalue weighted by molar-refractivity contribution is 6.73. The number of aliphatic hydroxyl groups is 1. The van der Waals surface area contributed by atoms with Crippen molar-refractivity contribution in [1.29, 1.82) is 0 Å². The monoisotopic (exact) mass is 190 g/mol. The molecule has 0 rings (SSSR count). The van der Waals surface area contributed by atoms with Gasteiger partial charge in [0.25, 0.3) is 0 Å². The summed E-state index contributed by atoms with van der Waals surface area (Å²) in [6.45, 7) is 8.69. The van der Waals surface area contributed by atoms with Crippen molar-refractivity contribution in [3.8, 4) is 0 Å². The van der Waals surface area contributed by atoms with Crippen LogP contribution >= 0.6 is 0 Å². The Hall–Kier alpha value is 0.137. The maximum Gasteiger partial charge on any atom is 0.192 e. The van der Waals surface area contributed by atoms with Crippen LogP contribution in [0.15, 0.2) is 0 Å². The zero-order chi connectivity index (χ0) is 9.61. The molecule has 0 aliphatic heterocycles. The molecule has 0 bridgehead atoms. The van der Waals surface area contributed by atoms with E-state index in [0.29, 0.717) is 0 Å². The van der Waals surface area contributed by atoms with Crippen LogP contribution in [0.2, 0.25) is 18.1 Å². The van der Waals surface area contributed by atoms with Crippen molar-refractivity contribution in [2.75, 3.05) is 6.61 Å². The van der Waals surface area contributed by atoms with Gasteiger partial charge in [0.05, 0.1) is 12.7 Å². The van der Waals surface area contributed by atoms with E-state index in [0.717, 1.165) is 18.1 Å². The summed E-state index contributed by atoms with van der Waals surface area (Å²) >= 11 is 0. The van der Waals surface area contributed by atoms with Gasteiger partial charge in [0.1, 0.15) is 0 Å². The van der Waals surface area contributed by atoms with Crippen LogP contribution in [0.4, 0.5) is 0 Å². The van der Waals surface area contributed by atoms with Gasteiger partial charge in [-0.15, -0.1) is 0 Å². The van der Waals surface area contributed by atoms with Gasteiger partial charge < -0.3 is 9.53 Å². The molecule has 0 heterocycles. The number of hydrogen-bond acceptors (Lipinski definition) is 2. The molecule has 1 unspecified atom stereocenters. The molecular weight excluding hydrogens is 168 g/mol. The number of rotatable bonds is 6. The summed E-state index contributed by atoms with van der Waals surface area (Å²) in [5.41, 5.74) is 0. The third-order valence-electron chi connectivity index (χ3n) is 2.64. The summed E-state index contributed by atoms with van der Waals surface area (Å²) in [7, 11) is -1.46. The van der Waals surface area contributed by atoms with Crippen molar-refractivity contribution < 1.29 is 9.53 Å². The SMILES string of the molecule is CC[Si](CC)(CC)OC(C)CO. The minimum atomic E-state index is -1.46. The van der Waals surface area contributed by atoms with E-state index in [1.807, 2.05) is 6.92 Å².